The molecule has 2 aliphatic carbocycles. The van der Waals surface area contributed by atoms with Crippen LogP contribution in [0.15, 0.2) is 42.5 Å². The first-order chi connectivity index (χ1) is 18.8. The average molecular weight is 564 g/mol. The van der Waals surface area contributed by atoms with Crippen LogP contribution in [0.3, 0.4) is 0 Å². The van der Waals surface area contributed by atoms with E-state index in [2.05, 4.69) is 0 Å². The molecule has 2 aromatic rings. The maximum absolute atomic E-state index is 14.9. The molecule has 0 bridgehead atoms. The number of hydrogen-bond acceptors (Lipinski definition) is 2. The Morgan fingerprint density at radius 2 is 1.60 bits per heavy atom. The molecule has 1 heterocycles. The predicted molar refractivity (Wildman–Crippen MR) is 139 cm³/mol. The molecular weight excluding hydrogens is 529 g/mol. The molecule has 0 spiro atoms. The van der Waals surface area contributed by atoms with E-state index < -0.39 is 34.7 Å². The van der Waals surface area contributed by atoms with Crippen LogP contribution in [0.4, 0.5) is 22.0 Å². The lowest BCUT2D eigenvalue weighted by Crippen LogP contribution is -2.52. The number of nitrogens with zero attached hydrogens (tertiary/aromatic N) is 1. The van der Waals surface area contributed by atoms with Crippen molar-refractivity contribution in [2.45, 2.75) is 82.1 Å². The van der Waals surface area contributed by atoms with E-state index in [1.165, 1.54) is 24.3 Å². The van der Waals surface area contributed by atoms with E-state index in [0.29, 0.717) is 64.0 Å². The highest BCUT2D eigenvalue weighted by atomic mass is 19.4. The number of rotatable bonds is 5. The Kier molecular flexibility index (Phi) is 7.24. The first kappa shape index (κ1) is 28.6. The highest BCUT2D eigenvalue weighted by Crippen LogP contribution is 2.54. The summed E-state index contributed by atoms with van der Waals surface area (Å²) in [6.45, 7) is 3.02. The first-order valence-corrected chi connectivity index (χ1v) is 13.9. The number of fused-ring (bicyclic) bond motifs is 3. The van der Waals surface area contributed by atoms with Crippen molar-refractivity contribution in [3.05, 3.63) is 70.5 Å². The van der Waals surface area contributed by atoms with Gasteiger partial charge in [-0.25, -0.2) is 8.78 Å². The Morgan fingerprint density at radius 1 is 0.975 bits per heavy atom. The Labute approximate surface area is 230 Å². The lowest BCUT2D eigenvalue weighted by atomic mass is 9.60. The molecule has 3 aliphatic rings. The molecule has 1 N–H and O–H groups in total. The molecule has 1 amide bonds. The van der Waals surface area contributed by atoms with Gasteiger partial charge in [0.15, 0.2) is 0 Å². The minimum absolute atomic E-state index is 0.00450. The number of halogens is 5. The fourth-order valence-electron chi connectivity index (χ4n) is 7.45. The molecule has 1 aliphatic heterocycles. The van der Waals surface area contributed by atoms with Gasteiger partial charge in [-0.15, -0.1) is 0 Å². The van der Waals surface area contributed by atoms with Gasteiger partial charge in [0.25, 0.3) is 0 Å². The summed E-state index contributed by atoms with van der Waals surface area (Å²) in [5, 5.41) is 9.36. The van der Waals surface area contributed by atoms with Gasteiger partial charge in [0.2, 0.25) is 11.6 Å². The summed E-state index contributed by atoms with van der Waals surface area (Å²) in [6.07, 6.45) is -1.79. The van der Waals surface area contributed by atoms with E-state index in [-0.39, 0.29) is 29.6 Å². The standard InChI is InChI=1S/C31H34F5NO3/c1-18-17-37(27(38)20-5-7-21(8-6-20)28(39)40)26-14-9-22-15-23(29(2,33)31(34,35)36)10-13-25(22)30(18,26)16-19-3-11-24(32)12-4-19/h3-4,10-13,15,18,20-21,26H,5-9,14,16-17H2,1-2H3,(H,39,40)/t18-,20?,21?,26?,29?,30?/m1/s1. The lowest BCUT2D eigenvalue weighted by molar-refractivity contribution is -0.228. The number of aryl methyl sites for hydroxylation is 1. The SMILES string of the molecule is C[C@@H]1CN(C(=O)C2CCC(C(=O)O)CC2)C2CCc3cc(C(C)(F)C(F)(F)F)ccc3C21Cc1ccc(F)cc1. The number of alkyl halides is 4. The zero-order chi connectivity index (χ0) is 29.0. The van der Waals surface area contributed by atoms with Crippen molar-refractivity contribution >= 4 is 11.9 Å². The van der Waals surface area contributed by atoms with Crippen molar-refractivity contribution in [3.8, 4) is 0 Å². The molecule has 2 fully saturated rings. The molecule has 0 radical (unpaired) electrons. The summed E-state index contributed by atoms with van der Waals surface area (Å²) < 4.78 is 69.2. The number of carboxylic acids is 1. The van der Waals surface area contributed by atoms with E-state index in [9.17, 15) is 36.6 Å². The number of carboxylic acid groups (broad SMARTS) is 1. The van der Waals surface area contributed by atoms with Gasteiger partial charge in [-0.05, 0) is 92.2 Å². The summed E-state index contributed by atoms with van der Waals surface area (Å²) in [4.78, 5) is 27.2. The van der Waals surface area contributed by atoms with Gasteiger partial charge >= 0.3 is 12.1 Å². The highest BCUT2D eigenvalue weighted by Gasteiger charge is 2.58. The van der Waals surface area contributed by atoms with Crippen LogP contribution < -0.4 is 0 Å². The molecule has 0 aromatic heterocycles. The number of amides is 1. The highest BCUT2D eigenvalue weighted by molar-refractivity contribution is 5.81. The third-order valence-corrected chi connectivity index (χ3v) is 9.81. The predicted octanol–water partition coefficient (Wildman–Crippen LogP) is 6.74. The number of hydrogen-bond donors (Lipinski definition) is 1. The molecule has 4 atom stereocenters. The van der Waals surface area contributed by atoms with Crippen molar-refractivity contribution in [2.75, 3.05) is 6.54 Å². The largest absolute Gasteiger partial charge is 0.481 e. The van der Waals surface area contributed by atoms with Crippen molar-refractivity contribution in [3.63, 3.8) is 0 Å². The second kappa shape index (κ2) is 10.1. The quantitative estimate of drug-likeness (QED) is 0.410. The Balaban J connectivity index is 1.53. The third-order valence-electron chi connectivity index (χ3n) is 9.81. The van der Waals surface area contributed by atoms with Crippen LogP contribution in [0.1, 0.15) is 68.2 Å². The van der Waals surface area contributed by atoms with Crippen LogP contribution in [0.5, 0.6) is 0 Å². The summed E-state index contributed by atoms with van der Waals surface area (Å²) in [7, 11) is 0. The number of carbonyl (C=O) groups is 2. The fraction of sp³-hybridized carbons (Fsp3) is 0.548. The van der Waals surface area contributed by atoms with E-state index >= 15 is 0 Å². The van der Waals surface area contributed by atoms with Crippen molar-refractivity contribution in [2.24, 2.45) is 17.8 Å². The van der Waals surface area contributed by atoms with Gasteiger partial charge in [-0.3, -0.25) is 9.59 Å². The minimum atomic E-state index is -5.06. The van der Waals surface area contributed by atoms with Crippen molar-refractivity contribution in [1.82, 2.24) is 4.90 Å². The van der Waals surface area contributed by atoms with Crippen molar-refractivity contribution < 1.29 is 36.6 Å². The van der Waals surface area contributed by atoms with Crippen LogP contribution in [0.25, 0.3) is 0 Å². The smallest absolute Gasteiger partial charge is 0.426 e. The van der Waals surface area contributed by atoms with E-state index in [1.807, 2.05) is 11.8 Å². The fourth-order valence-corrected chi connectivity index (χ4v) is 7.45. The normalized spacial score (nSPS) is 29.8. The minimum Gasteiger partial charge on any atom is -0.481 e. The summed E-state index contributed by atoms with van der Waals surface area (Å²) >= 11 is 0. The second-order valence-corrected chi connectivity index (χ2v) is 12.0. The number of aliphatic carboxylic acids is 1. The molecule has 4 nitrogen and oxygen atoms in total. The van der Waals surface area contributed by atoms with Gasteiger partial charge in [0.05, 0.1) is 5.92 Å². The summed E-state index contributed by atoms with van der Waals surface area (Å²) in [5.41, 5.74) is -2.29. The number of carbonyl (C=O) groups excluding carboxylic acids is 1. The average Bonchev–Trinajstić information content (AvgIpc) is 3.20. The monoisotopic (exact) mass is 563 g/mol. The van der Waals surface area contributed by atoms with Crippen LogP contribution in [0, 0.1) is 23.6 Å². The number of likely N-dealkylation sites (tertiary alicyclic amines) is 1. The molecule has 1 saturated carbocycles. The topological polar surface area (TPSA) is 57.6 Å². The van der Waals surface area contributed by atoms with Gasteiger partial charge in [0.1, 0.15) is 5.82 Å². The second-order valence-electron chi connectivity index (χ2n) is 12.0. The zero-order valence-corrected chi connectivity index (χ0v) is 22.6. The lowest BCUT2D eigenvalue weighted by Gasteiger charge is -2.46. The van der Waals surface area contributed by atoms with E-state index in [4.69, 9.17) is 0 Å². The Morgan fingerprint density at radius 3 is 2.20 bits per heavy atom. The van der Waals surface area contributed by atoms with Gasteiger partial charge in [-0.2, -0.15) is 13.2 Å². The molecular formula is C31H34F5NO3. The molecule has 1 saturated heterocycles. The maximum atomic E-state index is 14.9. The molecule has 40 heavy (non-hydrogen) atoms. The molecule has 9 heteroatoms. The molecule has 3 unspecified atom stereocenters. The Hall–Kier alpha value is -2.97. The molecule has 2 aromatic carbocycles. The van der Waals surface area contributed by atoms with E-state index in [0.717, 1.165) is 11.1 Å². The summed E-state index contributed by atoms with van der Waals surface area (Å²) in [6, 6.07) is 10.0. The van der Waals surface area contributed by atoms with E-state index in [1.54, 1.807) is 18.2 Å². The van der Waals surface area contributed by atoms with Crippen LogP contribution in [0.2, 0.25) is 0 Å². The van der Waals surface area contributed by atoms with Crippen molar-refractivity contribution in [1.29, 1.82) is 0 Å². The zero-order valence-electron chi connectivity index (χ0n) is 22.6. The summed E-state index contributed by atoms with van der Waals surface area (Å²) in [5.74, 6) is -2.01. The van der Waals surface area contributed by atoms with Gasteiger partial charge in [0, 0.05) is 23.9 Å². The molecule has 5 rings (SSSR count). The van der Waals surface area contributed by atoms with Crippen LogP contribution in [-0.2, 0) is 33.5 Å². The number of benzene rings is 2. The Bertz CT molecular complexity index is 1280. The first-order valence-electron chi connectivity index (χ1n) is 13.9. The molecule has 216 valence electrons. The van der Waals surface area contributed by atoms with Gasteiger partial charge < -0.3 is 10.0 Å². The van der Waals surface area contributed by atoms with Crippen LogP contribution >= 0.6 is 0 Å². The van der Waals surface area contributed by atoms with Gasteiger partial charge in [-0.1, -0.05) is 37.3 Å². The third kappa shape index (κ3) is 4.69. The maximum Gasteiger partial charge on any atom is 0.426 e. The van der Waals surface area contributed by atoms with Crippen LogP contribution in [-0.4, -0.2) is 40.6 Å².